The first-order valence-electron chi connectivity index (χ1n) is 9.76. The van der Waals surface area contributed by atoms with Crippen LogP contribution in [0.1, 0.15) is 21.6 Å². The van der Waals surface area contributed by atoms with Crippen LogP contribution in [-0.2, 0) is 16.4 Å². The van der Waals surface area contributed by atoms with Crippen LogP contribution in [0.15, 0.2) is 71.8 Å². The number of ether oxygens (including phenoxy) is 2. The molecule has 0 aliphatic carbocycles. The Hall–Kier alpha value is -3.39. The minimum absolute atomic E-state index is 0.0154. The van der Waals surface area contributed by atoms with Gasteiger partial charge in [0.1, 0.15) is 12.4 Å². The van der Waals surface area contributed by atoms with E-state index in [9.17, 15) is 13.2 Å². The molecule has 1 unspecified atom stereocenters. The van der Waals surface area contributed by atoms with Gasteiger partial charge in [0.2, 0.25) is 0 Å². The normalized spacial score (nSPS) is 16.3. The van der Waals surface area contributed by atoms with E-state index in [2.05, 4.69) is 4.98 Å². The second-order valence-corrected chi connectivity index (χ2v) is 9.10. The molecule has 8 heteroatoms. The highest BCUT2D eigenvalue weighted by molar-refractivity contribution is 7.89. The van der Waals surface area contributed by atoms with E-state index in [-0.39, 0.29) is 29.4 Å². The van der Waals surface area contributed by atoms with Crippen LogP contribution in [0.4, 0.5) is 0 Å². The second-order valence-electron chi connectivity index (χ2n) is 7.29. The fraction of sp³-hybridized carbons (Fsp3) is 0.217. The molecule has 7 nitrogen and oxygen atoms in total. The summed E-state index contributed by atoms with van der Waals surface area (Å²) in [5.74, 6) is 0.263. The van der Waals surface area contributed by atoms with E-state index in [1.807, 2.05) is 19.1 Å². The van der Waals surface area contributed by atoms with Gasteiger partial charge in [-0.3, -0.25) is 4.79 Å². The molecule has 0 fully saturated rings. The van der Waals surface area contributed by atoms with E-state index < -0.39 is 22.0 Å². The van der Waals surface area contributed by atoms with Gasteiger partial charge in [0, 0.05) is 6.20 Å². The summed E-state index contributed by atoms with van der Waals surface area (Å²) in [6.07, 6.45) is 1.73. The van der Waals surface area contributed by atoms with Crippen molar-refractivity contribution in [1.29, 1.82) is 0 Å². The van der Waals surface area contributed by atoms with Gasteiger partial charge in [-0.15, -0.1) is 0 Å². The number of aromatic nitrogens is 1. The summed E-state index contributed by atoms with van der Waals surface area (Å²) in [6.45, 7) is 1.88. The zero-order valence-corrected chi connectivity index (χ0v) is 18.0. The number of sulfonamides is 1. The van der Waals surface area contributed by atoms with Crippen molar-refractivity contribution in [3.63, 3.8) is 0 Å². The van der Waals surface area contributed by atoms with E-state index in [1.54, 1.807) is 43.5 Å². The minimum atomic E-state index is -4.14. The summed E-state index contributed by atoms with van der Waals surface area (Å²) < 4.78 is 39.1. The molecule has 3 aromatic rings. The van der Waals surface area contributed by atoms with E-state index in [0.29, 0.717) is 5.75 Å². The number of amides is 1. The van der Waals surface area contributed by atoms with Crippen LogP contribution in [0.3, 0.4) is 0 Å². The Bertz CT molecular complexity index is 1190. The lowest BCUT2D eigenvalue weighted by Crippen LogP contribution is -2.47. The maximum atomic E-state index is 13.6. The Kier molecular flexibility index (Phi) is 5.65. The molecule has 0 saturated carbocycles. The molecule has 4 rings (SSSR count). The van der Waals surface area contributed by atoms with Gasteiger partial charge in [-0.25, -0.2) is 17.7 Å². The summed E-state index contributed by atoms with van der Waals surface area (Å²) in [6, 6.07) is 16.2. The highest BCUT2D eigenvalue weighted by Crippen LogP contribution is 2.29. The van der Waals surface area contributed by atoms with Crippen LogP contribution in [0.2, 0.25) is 0 Å². The summed E-state index contributed by atoms with van der Waals surface area (Å²) in [7, 11) is -2.56. The van der Waals surface area contributed by atoms with Crippen molar-refractivity contribution in [1.82, 2.24) is 9.29 Å². The number of aryl methyl sites for hydroxylation is 1. The molecule has 0 saturated heterocycles. The first-order valence-corrected chi connectivity index (χ1v) is 11.2. The highest BCUT2D eigenvalue weighted by Gasteiger charge is 2.40. The van der Waals surface area contributed by atoms with Crippen LogP contribution in [-0.4, -0.2) is 43.4 Å². The molecule has 1 aliphatic heterocycles. The SMILES string of the molecule is COc1ccc(CC2COc3cccnc3C(=O)N2S(=O)(=O)c2ccc(C)cc2)cc1. The van der Waals surface area contributed by atoms with Crippen molar-refractivity contribution in [2.45, 2.75) is 24.3 Å². The maximum absolute atomic E-state index is 13.6. The molecule has 0 N–H and O–H groups in total. The van der Waals surface area contributed by atoms with E-state index in [1.165, 1.54) is 18.3 Å². The first-order chi connectivity index (χ1) is 14.9. The molecular formula is C23H22N2O5S. The van der Waals surface area contributed by atoms with Gasteiger partial charge in [-0.05, 0) is 55.3 Å². The molecule has 1 atom stereocenters. The fourth-order valence-corrected chi connectivity index (χ4v) is 5.04. The van der Waals surface area contributed by atoms with Crippen LogP contribution in [0.5, 0.6) is 11.5 Å². The molecule has 1 amide bonds. The highest BCUT2D eigenvalue weighted by atomic mass is 32.2. The Balaban J connectivity index is 1.77. The predicted octanol–water partition coefficient (Wildman–Crippen LogP) is 3.23. The zero-order valence-electron chi connectivity index (χ0n) is 17.2. The Morgan fingerprint density at radius 2 is 1.81 bits per heavy atom. The molecule has 1 aromatic heterocycles. The number of rotatable bonds is 5. The third-order valence-electron chi connectivity index (χ3n) is 5.14. The molecule has 0 bridgehead atoms. The lowest BCUT2D eigenvalue weighted by atomic mass is 10.1. The van der Waals surface area contributed by atoms with E-state index in [4.69, 9.17) is 9.47 Å². The Morgan fingerprint density at radius 1 is 1.10 bits per heavy atom. The molecule has 160 valence electrons. The standard InChI is InChI=1S/C23H22N2O5S/c1-16-5-11-20(12-6-16)31(27,28)25-18(14-17-7-9-19(29-2)10-8-17)15-30-21-4-3-13-24-22(21)23(25)26/h3-13,18H,14-15H2,1-2H3. The largest absolute Gasteiger partial charge is 0.497 e. The zero-order chi connectivity index (χ0) is 22.0. The van der Waals surface area contributed by atoms with Crippen molar-refractivity contribution in [3.05, 3.63) is 83.7 Å². The number of fused-ring (bicyclic) bond motifs is 1. The van der Waals surface area contributed by atoms with Crippen molar-refractivity contribution in [2.24, 2.45) is 0 Å². The number of nitrogens with zero attached hydrogens (tertiary/aromatic N) is 2. The number of hydrogen-bond acceptors (Lipinski definition) is 6. The minimum Gasteiger partial charge on any atom is -0.497 e. The predicted molar refractivity (Wildman–Crippen MR) is 115 cm³/mol. The van der Waals surface area contributed by atoms with E-state index >= 15 is 0 Å². The second kappa shape index (κ2) is 8.39. The van der Waals surface area contributed by atoms with Gasteiger partial charge in [0.05, 0.1) is 18.0 Å². The Morgan fingerprint density at radius 3 is 2.48 bits per heavy atom. The molecule has 2 aromatic carbocycles. The first kappa shape index (κ1) is 20.9. The topological polar surface area (TPSA) is 85.8 Å². The molecule has 0 radical (unpaired) electrons. The van der Waals surface area contributed by atoms with Crippen LogP contribution < -0.4 is 9.47 Å². The molecule has 2 heterocycles. The van der Waals surface area contributed by atoms with Crippen molar-refractivity contribution < 1.29 is 22.7 Å². The molecular weight excluding hydrogens is 416 g/mol. The lowest BCUT2D eigenvalue weighted by molar-refractivity contribution is 0.0809. The molecule has 1 aliphatic rings. The van der Waals surface area contributed by atoms with Crippen LogP contribution in [0.25, 0.3) is 0 Å². The third-order valence-corrected chi connectivity index (χ3v) is 6.99. The number of carbonyl (C=O) groups excluding carboxylic acids is 1. The van der Waals surface area contributed by atoms with Crippen LogP contribution >= 0.6 is 0 Å². The third kappa shape index (κ3) is 4.11. The van der Waals surface area contributed by atoms with E-state index in [0.717, 1.165) is 15.4 Å². The maximum Gasteiger partial charge on any atom is 0.290 e. The van der Waals surface area contributed by atoms with Crippen LogP contribution in [0, 0.1) is 6.92 Å². The van der Waals surface area contributed by atoms with Gasteiger partial charge in [-0.1, -0.05) is 29.8 Å². The molecule has 31 heavy (non-hydrogen) atoms. The number of benzene rings is 2. The lowest BCUT2D eigenvalue weighted by Gasteiger charge is -2.28. The monoisotopic (exact) mass is 438 g/mol. The average Bonchev–Trinajstić information content (AvgIpc) is 2.91. The summed E-state index contributed by atoms with van der Waals surface area (Å²) >= 11 is 0. The van der Waals surface area contributed by atoms with Gasteiger partial charge in [0.25, 0.3) is 15.9 Å². The van der Waals surface area contributed by atoms with Gasteiger partial charge >= 0.3 is 0 Å². The number of pyridine rings is 1. The smallest absolute Gasteiger partial charge is 0.290 e. The van der Waals surface area contributed by atoms with Gasteiger partial charge in [0.15, 0.2) is 11.4 Å². The van der Waals surface area contributed by atoms with Crippen molar-refractivity contribution >= 4 is 15.9 Å². The summed E-state index contributed by atoms with van der Waals surface area (Å²) in [5, 5.41) is 0. The Labute approximate surface area is 181 Å². The number of methoxy groups -OCH3 is 1. The van der Waals surface area contributed by atoms with Gasteiger partial charge in [-0.2, -0.15) is 0 Å². The average molecular weight is 439 g/mol. The fourth-order valence-electron chi connectivity index (χ4n) is 3.50. The van der Waals surface area contributed by atoms with Gasteiger partial charge < -0.3 is 9.47 Å². The number of carbonyl (C=O) groups is 1. The summed E-state index contributed by atoms with van der Waals surface area (Å²) in [5.41, 5.74) is 1.76. The quantitative estimate of drug-likeness (QED) is 0.608. The molecule has 0 spiro atoms. The number of hydrogen-bond donors (Lipinski definition) is 0. The van der Waals surface area contributed by atoms with Crippen molar-refractivity contribution in [3.8, 4) is 11.5 Å². The summed E-state index contributed by atoms with van der Waals surface area (Å²) in [4.78, 5) is 17.6. The van der Waals surface area contributed by atoms with Crippen molar-refractivity contribution in [2.75, 3.05) is 13.7 Å².